The van der Waals surface area contributed by atoms with Gasteiger partial charge >= 0.3 is 5.97 Å². The molecule has 0 saturated carbocycles. The molecule has 0 bridgehead atoms. The first-order valence-electron chi connectivity index (χ1n) is 15.9. The van der Waals surface area contributed by atoms with Gasteiger partial charge in [0.15, 0.2) is 0 Å². The molecule has 0 saturated heterocycles. The Bertz CT molecular complexity index is 2080. The molecular weight excluding hydrogens is 621 g/mol. The second kappa shape index (κ2) is 13.3. The zero-order chi connectivity index (χ0) is 34.1. The molecule has 0 aliphatic rings. The van der Waals surface area contributed by atoms with E-state index in [0.29, 0.717) is 31.2 Å². The molecule has 6 rings (SSSR count). The van der Waals surface area contributed by atoms with Gasteiger partial charge in [0, 0.05) is 56.9 Å². The fraction of sp³-hybridized carbons (Fsp3) is 0.282. The Hall–Kier alpha value is -4.89. The number of aliphatic carboxylic acids is 1. The molecule has 4 aromatic heterocycles. The molecule has 0 radical (unpaired) electrons. The van der Waals surface area contributed by atoms with Crippen LogP contribution in [0.2, 0.25) is 0 Å². The second-order valence-corrected chi connectivity index (χ2v) is 15.4. The highest BCUT2D eigenvalue weighted by Crippen LogP contribution is 2.43. The van der Waals surface area contributed by atoms with Crippen LogP contribution in [-0.2, 0) is 24.4 Å². The summed E-state index contributed by atoms with van der Waals surface area (Å²) in [5.41, 5.74) is 5.60. The van der Waals surface area contributed by atoms with Gasteiger partial charge in [-0.25, -0.2) is 15.0 Å². The van der Waals surface area contributed by atoms with Crippen LogP contribution in [0.1, 0.15) is 51.6 Å². The van der Waals surface area contributed by atoms with Crippen LogP contribution in [0.4, 0.5) is 0 Å². The van der Waals surface area contributed by atoms with Gasteiger partial charge in [-0.3, -0.25) is 4.79 Å². The number of benzene rings is 2. The van der Waals surface area contributed by atoms with Crippen LogP contribution >= 0.6 is 11.8 Å². The third-order valence-corrected chi connectivity index (χ3v) is 9.41. The summed E-state index contributed by atoms with van der Waals surface area (Å²) in [6.45, 7) is 10.9. The normalized spacial score (nSPS) is 12.0. The standard InChI is InChI=1S/C39H40N4O4S/c1-38(2,3)48-35-31-19-30(47-24-29-17-15-27-9-7-8-10-32(27)42-29)22-41-36(31)43(33(35)20-39(4,5)37(44)45)23-25-11-13-26(14-12-25)28-16-18-34(46-6)40-21-28/h7-19,21-22H,20,23-24H2,1-6H3,(H,44,45). The molecule has 0 unspecified atom stereocenters. The number of carbonyl (C=O) groups is 1. The molecule has 246 valence electrons. The van der Waals surface area contributed by atoms with Crippen LogP contribution in [-0.4, -0.2) is 42.5 Å². The van der Waals surface area contributed by atoms with Crippen molar-refractivity contribution in [2.45, 2.75) is 63.8 Å². The highest BCUT2D eigenvalue weighted by atomic mass is 32.2. The van der Waals surface area contributed by atoms with Gasteiger partial charge in [0.1, 0.15) is 18.0 Å². The van der Waals surface area contributed by atoms with Crippen molar-refractivity contribution in [1.82, 2.24) is 19.5 Å². The van der Waals surface area contributed by atoms with Crippen LogP contribution in [0, 0.1) is 5.41 Å². The number of carboxylic acids is 1. The number of pyridine rings is 3. The largest absolute Gasteiger partial charge is 0.486 e. The molecule has 0 aliphatic carbocycles. The molecule has 0 aliphatic heterocycles. The smallest absolute Gasteiger partial charge is 0.309 e. The number of nitrogens with zero attached hydrogens (tertiary/aromatic N) is 4. The Morgan fingerprint density at radius 2 is 1.65 bits per heavy atom. The third kappa shape index (κ3) is 7.31. The van der Waals surface area contributed by atoms with Gasteiger partial charge in [-0.2, -0.15) is 0 Å². The van der Waals surface area contributed by atoms with Crippen molar-refractivity contribution in [3.8, 4) is 22.8 Å². The summed E-state index contributed by atoms with van der Waals surface area (Å²) < 4.78 is 13.5. The zero-order valence-corrected chi connectivity index (χ0v) is 29.0. The average molecular weight is 661 g/mol. The van der Waals surface area contributed by atoms with Gasteiger partial charge in [0.25, 0.3) is 0 Å². The summed E-state index contributed by atoms with van der Waals surface area (Å²) in [6.07, 6.45) is 3.89. The Balaban J connectivity index is 1.38. The maximum absolute atomic E-state index is 12.4. The van der Waals surface area contributed by atoms with Crippen molar-refractivity contribution in [3.63, 3.8) is 0 Å². The Morgan fingerprint density at radius 1 is 0.896 bits per heavy atom. The Labute approximate surface area is 285 Å². The van der Waals surface area contributed by atoms with Crippen LogP contribution in [0.25, 0.3) is 33.1 Å². The van der Waals surface area contributed by atoms with E-state index in [-0.39, 0.29) is 4.75 Å². The third-order valence-electron chi connectivity index (χ3n) is 8.14. The number of rotatable bonds is 11. The second-order valence-electron chi connectivity index (χ2n) is 13.6. The summed E-state index contributed by atoms with van der Waals surface area (Å²) in [6, 6.07) is 26.3. The van der Waals surface area contributed by atoms with E-state index < -0.39 is 11.4 Å². The van der Waals surface area contributed by atoms with Gasteiger partial charge in [0.2, 0.25) is 5.88 Å². The number of hydrogen-bond donors (Lipinski definition) is 1. The molecule has 0 fully saturated rings. The molecule has 0 amide bonds. The molecule has 8 nitrogen and oxygen atoms in total. The van der Waals surface area contributed by atoms with E-state index in [1.807, 2.05) is 48.5 Å². The first-order valence-corrected chi connectivity index (χ1v) is 16.7. The summed E-state index contributed by atoms with van der Waals surface area (Å²) in [5, 5.41) is 12.2. The number of hydrogen-bond acceptors (Lipinski definition) is 7. The van der Waals surface area contributed by atoms with E-state index >= 15 is 0 Å². The van der Waals surface area contributed by atoms with Gasteiger partial charge in [-0.1, -0.05) is 69.3 Å². The minimum atomic E-state index is -0.994. The molecule has 4 heterocycles. The molecule has 2 aromatic carbocycles. The highest BCUT2D eigenvalue weighted by Gasteiger charge is 2.33. The zero-order valence-electron chi connectivity index (χ0n) is 28.2. The van der Waals surface area contributed by atoms with E-state index in [0.717, 1.165) is 54.9 Å². The van der Waals surface area contributed by atoms with Crippen molar-refractivity contribution in [2.24, 2.45) is 5.41 Å². The first kappa shape index (κ1) is 33.0. The summed E-state index contributed by atoms with van der Waals surface area (Å²) >= 11 is 1.73. The van der Waals surface area contributed by atoms with E-state index in [9.17, 15) is 9.90 Å². The van der Waals surface area contributed by atoms with E-state index in [1.165, 1.54) is 0 Å². The minimum absolute atomic E-state index is 0.138. The lowest BCUT2D eigenvalue weighted by Crippen LogP contribution is -2.28. The van der Waals surface area contributed by atoms with Crippen LogP contribution < -0.4 is 9.47 Å². The maximum Gasteiger partial charge on any atom is 0.309 e. The number of aromatic nitrogens is 4. The van der Waals surface area contributed by atoms with Crippen molar-refractivity contribution in [2.75, 3.05) is 7.11 Å². The first-order chi connectivity index (χ1) is 22.9. The topological polar surface area (TPSA) is 99.4 Å². The van der Waals surface area contributed by atoms with Gasteiger partial charge in [-0.05, 0) is 49.2 Å². The monoisotopic (exact) mass is 660 g/mol. The number of thioether (sulfide) groups is 1. The predicted molar refractivity (Wildman–Crippen MR) is 192 cm³/mol. The SMILES string of the molecule is COc1ccc(-c2ccc(Cn3c(CC(C)(C)C(=O)O)c(SC(C)(C)C)c4cc(OCc5ccc6ccccc6n5)cnc43)cc2)cn1. The maximum atomic E-state index is 12.4. The van der Waals surface area contributed by atoms with Crippen LogP contribution in [0.15, 0.2) is 96.2 Å². The lowest BCUT2D eigenvalue weighted by Gasteiger charge is -2.24. The highest BCUT2D eigenvalue weighted by molar-refractivity contribution is 8.00. The number of ether oxygens (including phenoxy) is 2. The number of carboxylic acid groups (broad SMARTS) is 1. The molecule has 48 heavy (non-hydrogen) atoms. The summed E-state index contributed by atoms with van der Waals surface area (Å²) in [4.78, 5) is 27.5. The summed E-state index contributed by atoms with van der Waals surface area (Å²) in [5.74, 6) is 0.359. The van der Waals surface area contributed by atoms with E-state index in [1.54, 1.807) is 45.1 Å². The number of para-hydroxylation sites is 1. The quantitative estimate of drug-likeness (QED) is 0.138. The predicted octanol–water partition coefficient (Wildman–Crippen LogP) is 8.83. The van der Waals surface area contributed by atoms with Crippen LogP contribution in [0.5, 0.6) is 11.6 Å². The summed E-state index contributed by atoms with van der Waals surface area (Å²) in [7, 11) is 1.60. The van der Waals surface area contributed by atoms with Crippen LogP contribution in [0.3, 0.4) is 0 Å². The minimum Gasteiger partial charge on any atom is -0.486 e. The molecule has 1 N–H and O–H groups in total. The lowest BCUT2D eigenvalue weighted by atomic mass is 9.88. The molecule has 9 heteroatoms. The van der Waals surface area contributed by atoms with Crippen molar-refractivity contribution in [1.29, 1.82) is 0 Å². The lowest BCUT2D eigenvalue weighted by molar-refractivity contribution is -0.146. The van der Waals surface area contributed by atoms with Gasteiger partial charge in [-0.15, -0.1) is 11.8 Å². The fourth-order valence-corrected chi connectivity index (χ4v) is 6.74. The van der Waals surface area contributed by atoms with E-state index in [4.69, 9.17) is 19.4 Å². The van der Waals surface area contributed by atoms with Gasteiger partial charge < -0.3 is 19.1 Å². The van der Waals surface area contributed by atoms with E-state index in [2.05, 4.69) is 60.7 Å². The average Bonchev–Trinajstić information content (AvgIpc) is 3.33. The van der Waals surface area contributed by atoms with Crippen molar-refractivity contribution >= 4 is 39.7 Å². The Kier molecular flexibility index (Phi) is 9.16. The fourth-order valence-electron chi connectivity index (χ4n) is 5.57. The van der Waals surface area contributed by atoms with Crippen molar-refractivity contribution in [3.05, 3.63) is 108 Å². The molecule has 0 atom stereocenters. The molecule has 6 aromatic rings. The van der Waals surface area contributed by atoms with Gasteiger partial charge in [0.05, 0.1) is 29.9 Å². The van der Waals surface area contributed by atoms with Crippen molar-refractivity contribution < 1.29 is 19.4 Å². The Morgan fingerprint density at radius 3 is 2.33 bits per heavy atom. The molecular formula is C39H40N4O4S. The molecule has 0 spiro atoms. The number of methoxy groups -OCH3 is 1. The number of fused-ring (bicyclic) bond motifs is 2.